The van der Waals surface area contributed by atoms with E-state index in [1.165, 1.54) is 0 Å². The summed E-state index contributed by atoms with van der Waals surface area (Å²) in [6.45, 7) is 0.516. The van der Waals surface area contributed by atoms with Crippen molar-refractivity contribution in [2.45, 2.75) is 31.2 Å². The number of piperidine rings is 1. The highest BCUT2D eigenvalue weighted by Gasteiger charge is 2.49. The Bertz CT molecular complexity index is 1120. The minimum absolute atomic E-state index is 0.0114. The van der Waals surface area contributed by atoms with Gasteiger partial charge in [0.15, 0.2) is 0 Å². The Morgan fingerprint density at radius 3 is 2.11 bits per heavy atom. The van der Waals surface area contributed by atoms with Gasteiger partial charge in [-0.3, -0.25) is 10.1 Å². The lowest BCUT2D eigenvalue weighted by Gasteiger charge is -2.40. The van der Waals surface area contributed by atoms with Gasteiger partial charge < -0.3 is 14.8 Å². The molecule has 0 spiro atoms. The van der Waals surface area contributed by atoms with Gasteiger partial charge in [0.25, 0.3) is 0 Å². The van der Waals surface area contributed by atoms with Crippen LogP contribution in [0.4, 0.5) is 0 Å². The molecular formula is C28H32N4O3. The van der Waals surface area contributed by atoms with Gasteiger partial charge in [0.2, 0.25) is 5.91 Å². The van der Waals surface area contributed by atoms with Gasteiger partial charge in [-0.15, -0.1) is 0 Å². The molecule has 2 aliphatic heterocycles. The molecular weight excluding hydrogens is 440 g/mol. The molecule has 182 valence electrons. The Hall–Kier alpha value is -3.39. The molecule has 2 aliphatic rings. The van der Waals surface area contributed by atoms with Crippen molar-refractivity contribution in [3.8, 4) is 11.5 Å². The topological polar surface area (TPSA) is 83.7 Å². The molecule has 3 aromatic carbocycles. The highest BCUT2D eigenvalue weighted by molar-refractivity contribution is 5.79. The molecule has 2 fully saturated rings. The SMILES string of the molecule is COc1ccc(C2CC(C(=O)NCc3ccccc3)C3C(NNC3c3ccc(OC)cc3)N2)cc1. The summed E-state index contributed by atoms with van der Waals surface area (Å²) < 4.78 is 10.7. The van der Waals surface area contributed by atoms with Crippen LogP contribution >= 0.6 is 0 Å². The van der Waals surface area contributed by atoms with Gasteiger partial charge in [0.05, 0.1) is 26.4 Å². The van der Waals surface area contributed by atoms with Crippen LogP contribution in [-0.4, -0.2) is 26.3 Å². The smallest absolute Gasteiger partial charge is 0.223 e. The Kier molecular flexibility index (Phi) is 6.99. The number of rotatable bonds is 7. The van der Waals surface area contributed by atoms with Crippen molar-refractivity contribution in [1.29, 1.82) is 0 Å². The summed E-state index contributed by atoms with van der Waals surface area (Å²) in [5.41, 5.74) is 10.2. The lowest BCUT2D eigenvalue weighted by molar-refractivity contribution is -0.129. The molecule has 5 rings (SSSR count). The van der Waals surface area contributed by atoms with Crippen molar-refractivity contribution in [2.75, 3.05) is 14.2 Å². The zero-order valence-electron chi connectivity index (χ0n) is 20.0. The number of hydrogen-bond acceptors (Lipinski definition) is 6. The van der Waals surface area contributed by atoms with Crippen molar-refractivity contribution in [3.05, 3.63) is 95.6 Å². The van der Waals surface area contributed by atoms with Crippen LogP contribution in [-0.2, 0) is 11.3 Å². The molecule has 1 amide bonds. The van der Waals surface area contributed by atoms with Gasteiger partial charge in [-0.05, 0) is 47.4 Å². The standard InChI is InChI=1S/C28H32N4O3/c1-34-21-12-8-19(9-13-21)24-16-23(28(33)29-17-18-6-4-3-5-7-18)25-26(31-32-27(25)30-24)20-10-14-22(35-2)15-11-20/h3-15,23-27,30-32H,16-17H2,1-2H3,(H,29,33). The van der Waals surface area contributed by atoms with E-state index in [4.69, 9.17) is 9.47 Å². The second-order valence-corrected chi connectivity index (χ2v) is 9.13. The van der Waals surface area contributed by atoms with E-state index in [9.17, 15) is 4.79 Å². The van der Waals surface area contributed by atoms with E-state index in [0.29, 0.717) is 13.0 Å². The minimum Gasteiger partial charge on any atom is -0.497 e. The molecule has 3 aromatic rings. The maximum Gasteiger partial charge on any atom is 0.223 e. The van der Waals surface area contributed by atoms with Gasteiger partial charge in [-0.1, -0.05) is 54.6 Å². The van der Waals surface area contributed by atoms with Crippen molar-refractivity contribution in [1.82, 2.24) is 21.5 Å². The maximum absolute atomic E-state index is 13.6. The van der Waals surface area contributed by atoms with E-state index in [0.717, 1.165) is 28.2 Å². The molecule has 7 nitrogen and oxygen atoms in total. The highest BCUT2D eigenvalue weighted by Crippen LogP contribution is 2.42. The average molecular weight is 473 g/mol. The van der Waals surface area contributed by atoms with Gasteiger partial charge in [-0.2, -0.15) is 0 Å². The van der Waals surface area contributed by atoms with Gasteiger partial charge in [0.1, 0.15) is 11.5 Å². The van der Waals surface area contributed by atoms with E-state index in [-0.39, 0.29) is 36.0 Å². The third-order valence-electron chi connectivity index (χ3n) is 7.14. The average Bonchev–Trinajstić information content (AvgIpc) is 3.36. The number of ether oxygens (including phenoxy) is 2. The molecule has 5 unspecified atom stereocenters. The Labute approximate surface area is 206 Å². The van der Waals surface area contributed by atoms with Gasteiger partial charge >= 0.3 is 0 Å². The second kappa shape index (κ2) is 10.5. The second-order valence-electron chi connectivity index (χ2n) is 9.13. The molecule has 35 heavy (non-hydrogen) atoms. The van der Waals surface area contributed by atoms with Gasteiger partial charge in [-0.25, -0.2) is 10.9 Å². The number of carbonyl (C=O) groups is 1. The molecule has 7 heteroatoms. The van der Waals surface area contributed by atoms with Crippen molar-refractivity contribution in [3.63, 3.8) is 0 Å². The molecule has 0 saturated carbocycles. The Balaban J connectivity index is 1.40. The first kappa shape index (κ1) is 23.4. The van der Waals surface area contributed by atoms with Crippen LogP contribution < -0.4 is 31.0 Å². The zero-order valence-corrected chi connectivity index (χ0v) is 20.0. The van der Waals surface area contributed by atoms with Crippen molar-refractivity contribution >= 4 is 5.91 Å². The van der Waals surface area contributed by atoms with Crippen LogP contribution in [0.3, 0.4) is 0 Å². The molecule has 0 bridgehead atoms. The summed E-state index contributed by atoms with van der Waals surface area (Å²) in [6.07, 6.45) is 0.639. The number of methoxy groups -OCH3 is 2. The Morgan fingerprint density at radius 2 is 1.49 bits per heavy atom. The van der Waals surface area contributed by atoms with Crippen molar-refractivity contribution < 1.29 is 14.3 Å². The van der Waals surface area contributed by atoms with Gasteiger partial charge in [0, 0.05) is 24.4 Å². The Morgan fingerprint density at radius 1 is 0.857 bits per heavy atom. The first-order chi connectivity index (χ1) is 17.2. The van der Waals surface area contributed by atoms with E-state index in [1.54, 1.807) is 14.2 Å². The van der Waals surface area contributed by atoms with Crippen molar-refractivity contribution in [2.24, 2.45) is 11.8 Å². The predicted molar refractivity (Wildman–Crippen MR) is 135 cm³/mol. The van der Waals surface area contributed by atoms with Crippen LogP contribution in [0.2, 0.25) is 0 Å². The lowest BCUT2D eigenvalue weighted by Crippen LogP contribution is -2.54. The fraction of sp³-hybridized carbons (Fsp3) is 0.321. The molecule has 4 N–H and O–H groups in total. The molecule has 5 atom stereocenters. The molecule has 0 aromatic heterocycles. The molecule has 0 radical (unpaired) electrons. The number of nitrogens with one attached hydrogen (secondary N) is 4. The summed E-state index contributed by atoms with van der Waals surface area (Å²) in [5.74, 6) is 1.56. The van der Waals surface area contributed by atoms with E-state index < -0.39 is 0 Å². The molecule has 0 aliphatic carbocycles. The highest BCUT2D eigenvalue weighted by atomic mass is 16.5. The first-order valence-corrected chi connectivity index (χ1v) is 12.0. The van der Waals surface area contributed by atoms with E-state index in [1.807, 2.05) is 54.6 Å². The monoisotopic (exact) mass is 472 g/mol. The van der Waals surface area contributed by atoms with E-state index >= 15 is 0 Å². The van der Waals surface area contributed by atoms with Crippen LogP contribution in [0.5, 0.6) is 11.5 Å². The molecule has 2 heterocycles. The van der Waals surface area contributed by atoms with Crippen LogP contribution in [0.15, 0.2) is 78.9 Å². The van der Waals surface area contributed by atoms with Crippen LogP contribution in [0.25, 0.3) is 0 Å². The fourth-order valence-corrected chi connectivity index (χ4v) is 5.26. The van der Waals surface area contributed by atoms with Crippen LogP contribution in [0.1, 0.15) is 35.2 Å². The van der Waals surface area contributed by atoms with Crippen LogP contribution in [0, 0.1) is 11.8 Å². The lowest BCUT2D eigenvalue weighted by atomic mass is 9.74. The number of hydrazine groups is 1. The summed E-state index contributed by atoms with van der Waals surface area (Å²) in [4.78, 5) is 13.6. The zero-order chi connectivity index (χ0) is 24.2. The summed E-state index contributed by atoms with van der Waals surface area (Å²) in [7, 11) is 3.33. The number of benzene rings is 3. The quantitative estimate of drug-likeness (QED) is 0.422. The first-order valence-electron chi connectivity index (χ1n) is 12.0. The number of fused-ring (bicyclic) bond motifs is 1. The summed E-state index contributed by atoms with van der Waals surface area (Å²) >= 11 is 0. The number of amides is 1. The predicted octanol–water partition coefficient (Wildman–Crippen LogP) is 3.46. The van der Waals surface area contributed by atoms with E-state index in [2.05, 4.69) is 45.8 Å². The normalized spacial score (nSPS) is 25.5. The maximum atomic E-state index is 13.6. The minimum atomic E-state index is -0.188. The summed E-state index contributed by atoms with van der Waals surface area (Å²) in [5, 5.41) is 6.93. The number of hydrogen-bond donors (Lipinski definition) is 4. The molecule has 2 saturated heterocycles. The fourth-order valence-electron chi connectivity index (χ4n) is 5.26. The third kappa shape index (κ3) is 5.03. The summed E-state index contributed by atoms with van der Waals surface area (Å²) in [6, 6.07) is 26.2. The number of carbonyl (C=O) groups excluding carboxylic acids is 1. The third-order valence-corrected chi connectivity index (χ3v) is 7.14. The largest absolute Gasteiger partial charge is 0.497 e.